The Bertz CT molecular complexity index is 540. The van der Waals surface area contributed by atoms with Gasteiger partial charge in [-0.1, -0.05) is 6.07 Å². The number of nitrogens with zero attached hydrogens (tertiary/aromatic N) is 1. The normalized spacial score (nSPS) is 12.8. The number of carboxylic acid groups (broad SMARTS) is 1. The fraction of sp³-hybridized carbons (Fsp3) is 0.364. The summed E-state index contributed by atoms with van der Waals surface area (Å²) in [6.45, 7) is 1.31. The van der Waals surface area contributed by atoms with E-state index in [1.165, 1.54) is 26.2 Å². The number of carboxylic acids is 1. The molecule has 0 aromatic heterocycles. The Morgan fingerprint density at radius 3 is 2.50 bits per heavy atom. The number of hydrogen-bond donors (Lipinski definition) is 1. The smallest absolute Gasteiger partial charge is 0.327 e. The van der Waals surface area contributed by atoms with E-state index >= 15 is 0 Å². The molecule has 1 aromatic carbocycles. The van der Waals surface area contributed by atoms with Crippen LogP contribution in [-0.4, -0.2) is 38.9 Å². The summed E-state index contributed by atoms with van der Waals surface area (Å²) in [6.07, 6.45) is 0.964. The quantitative estimate of drug-likeness (QED) is 0.863. The lowest BCUT2D eigenvalue weighted by molar-refractivity contribution is -0.137. The van der Waals surface area contributed by atoms with Crippen molar-refractivity contribution in [2.75, 3.05) is 17.7 Å². The van der Waals surface area contributed by atoms with Crippen molar-refractivity contribution in [2.24, 2.45) is 0 Å². The molecule has 1 rings (SSSR count). The van der Waals surface area contributed by atoms with Crippen LogP contribution in [0.25, 0.3) is 0 Å². The molecule has 6 nitrogen and oxygen atoms in total. The molecule has 0 amide bonds. The Labute approximate surface area is 106 Å². The lowest BCUT2D eigenvalue weighted by atomic mass is 10.2. The molecule has 0 radical (unpaired) electrons. The number of rotatable bonds is 5. The summed E-state index contributed by atoms with van der Waals surface area (Å²) in [4.78, 5) is 11.0. The van der Waals surface area contributed by atoms with Crippen LogP contribution in [0.3, 0.4) is 0 Å². The second-order valence-electron chi connectivity index (χ2n) is 3.77. The number of hydrogen-bond acceptors (Lipinski definition) is 4. The van der Waals surface area contributed by atoms with Crippen molar-refractivity contribution in [3.8, 4) is 5.75 Å². The number of sulfonamides is 1. The van der Waals surface area contributed by atoms with Gasteiger partial charge in [-0.3, -0.25) is 4.31 Å². The maximum absolute atomic E-state index is 11.7. The lowest BCUT2D eigenvalue weighted by Crippen LogP contribution is -2.42. The first kappa shape index (κ1) is 14.3. The van der Waals surface area contributed by atoms with Crippen molar-refractivity contribution in [1.82, 2.24) is 0 Å². The molecule has 1 N–H and O–H groups in total. The maximum Gasteiger partial charge on any atom is 0.327 e. The van der Waals surface area contributed by atoms with E-state index in [0.717, 1.165) is 10.6 Å². The van der Waals surface area contributed by atoms with Gasteiger partial charge in [0.1, 0.15) is 11.8 Å². The van der Waals surface area contributed by atoms with Crippen LogP contribution in [0.5, 0.6) is 5.75 Å². The topological polar surface area (TPSA) is 83.9 Å². The van der Waals surface area contributed by atoms with E-state index in [9.17, 15) is 13.2 Å². The van der Waals surface area contributed by atoms with Crippen LogP contribution in [0.4, 0.5) is 5.69 Å². The van der Waals surface area contributed by atoms with Crippen molar-refractivity contribution in [3.63, 3.8) is 0 Å². The average Bonchev–Trinajstić information content (AvgIpc) is 2.27. The van der Waals surface area contributed by atoms with E-state index < -0.39 is 22.0 Å². The number of aliphatic carboxylic acids is 1. The number of ether oxygens (including phenoxy) is 1. The van der Waals surface area contributed by atoms with Crippen LogP contribution in [0.15, 0.2) is 24.3 Å². The molecular formula is C11H15NO5S. The zero-order valence-electron chi connectivity index (χ0n) is 10.3. The van der Waals surface area contributed by atoms with Gasteiger partial charge in [0.05, 0.1) is 19.1 Å². The third-order valence-corrected chi connectivity index (χ3v) is 3.62. The molecule has 0 aliphatic carbocycles. The van der Waals surface area contributed by atoms with E-state index in [4.69, 9.17) is 9.84 Å². The molecule has 1 atom stereocenters. The molecule has 1 aromatic rings. The Hall–Kier alpha value is -1.76. The fourth-order valence-corrected chi connectivity index (χ4v) is 2.71. The third-order valence-electron chi connectivity index (χ3n) is 2.37. The summed E-state index contributed by atoms with van der Waals surface area (Å²) in [5.41, 5.74) is 0.256. The summed E-state index contributed by atoms with van der Waals surface area (Å²) >= 11 is 0. The highest BCUT2D eigenvalue weighted by atomic mass is 32.2. The first-order valence-corrected chi connectivity index (χ1v) is 6.98. The van der Waals surface area contributed by atoms with Crippen molar-refractivity contribution < 1.29 is 23.1 Å². The van der Waals surface area contributed by atoms with Gasteiger partial charge in [0.2, 0.25) is 10.0 Å². The molecule has 100 valence electrons. The zero-order chi connectivity index (χ0) is 13.9. The van der Waals surface area contributed by atoms with Gasteiger partial charge in [-0.15, -0.1) is 0 Å². The predicted molar refractivity (Wildman–Crippen MR) is 67.4 cm³/mol. The monoisotopic (exact) mass is 273 g/mol. The van der Waals surface area contributed by atoms with Crippen molar-refractivity contribution >= 4 is 21.7 Å². The number of benzene rings is 1. The molecule has 0 unspecified atom stereocenters. The molecule has 0 bridgehead atoms. The third kappa shape index (κ3) is 3.13. The molecule has 0 fully saturated rings. The van der Waals surface area contributed by atoms with Gasteiger partial charge in [0.15, 0.2) is 0 Å². The Balaban J connectivity index is 3.30. The van der Waals surface area contributed by atoms with Crippen molar-refractivity contribution in [1.29, 1.82) is 0 Å². The van der Waals surface area contributed by atoms with E-state index in [2.05, 4.69) is 0 Å². The van der Waals surface area contributed by atoms with Crippen LogP contribution < -0.4 is 9.04 Å². The van der Waals surface area contributed by atoms with E-state index in [1.54, 1.807) is 12.1 Å². The molecule has 7 heteroatoms. The second kappa shape index (κ2) is 5.26. The van der Waals surface area contributed by atoms with Gasteiger partial charge in [-0.05, 0) is 19.1 Å². The second-order valence-corrected chi connectivity index (χ2v) is 5.63. The summed E-state index contributed by atoms with van der Waals surface area (Å²) < 4.78 is 29.2. The fourth-order valence-electron chi connectivity index (χ4n) is 1.55. The van der Waals surface area contributed by atoms with Gasteiger partial charge in [0.25, 0.3) is 0 Å². The zero-order valence-corrected chi connectivity index (χ0v) is 11.1. The molecule has 0 saturated carbocycles. The average molecular weight is 273 g/mol. The minimum Gasteiger partial charge on any atom is -0.497 e. The number of carbonyl (C=O) groups is 1. The maximum atomic E-state index is 11.7. The predicted octanol–water partition coefficient (Wildman–Crippen LogP) is 0.934. The molecule has 18 heavy (non-hydrogen) atoms. The largest absolute Gasteiger partial charge is 0.497 e. The summed E-state index contributed by atoms with van der Waals surface area (Å²) in [6, 6.07) is 5.05. The molecule has 0 heterocycles. The van der Waals surface area contributed by atoms with Crippen molar-refractivity contribution in [3.05, 3.63) is 24.3 Å². The van der Waals surface area contributed by atoms with Crippen molar-refractivity contribution in [2.45, 2.75) is 13.0 Å². The van der Waals surface area contributed by atoms with Crippen LogP contribution in [0.2, 0.25) is 0 Å². The first-order valence-electron chi connectivity index (χ1n) is 5.13. The van der Waals surface area contributed by atoms with Gasteiger partial charge in [-0.25, -0.2) is 13.2 Å². The molecule has 0 spiro atoms. The molecule has 0 aliphatic rings. The number of methoxy groups -OCH3 is 1. The standard InChI is InChI=1S/C11H15NO5S/c1-8(11(13)14)12(18(3,15)16)9-5-4-6-10(7-9)17-2/h4-8H,1-3H3,(H,13,14)/t8-/m0/s1. The van der Waals surface area contributed by atoms with E-state index in [0.29, 0.717) is 5.75 Å². The Morgan fingerprint density at radius 2 is 2.06 bits per heavy atom. The first-order chi connectivity index (χ1) is 8.27. The molecule has 0 saturated heterocycles. The van der Waals surface area contributed by atoms with Gasteiger partial charge in [0, 0.05) is 6.07 Å². The number of anilines is 1. The highest BCUT2D eigenvalue weighted by Crippen LogP contribution is 2.25. The van der Waals surface area contributed by atoms with Crippen LogP contribution in [0.1, 0.15) is 6.92 Å². The SMILES string of the molecule is COc1cccc(N([C@@H](C)C(=O)O)S(C)(=O)=O)c1. The highest BCUT2D eigenvalue weighted by molar-refractivity contribution is 7.92. The van der Waals surface area contributed by atoms with Gasteiger partial charge >= 0.3 is 5.97 Å². The summed E-state index contributed by atoms with van der Waals surface area (Å²) in [5.74, 6) is -0.762. The minimum absolute atomic E-state index is 0.256. The summed E-state index contributed by atoms with van der Waals surface area (Å²) in [7, 11) is -2.24. The highest BCUT2D eigenvalue weighted by Gasteiger charge is 2.28. The van der Waals surface area contributed by atoms with Crippen LogP contribution in [0, 0.1) is 0 Å². The summed E-state index contributed by atoms with van der Waals surface area (Å²) in [5, 5.41) is 8.97. The Kier molecular flexibility index (Phi) is 4.18. The van der Waals surface area contributed by atoms with Gasteiger partial charge in [-0.2, -0.15) is 0 Å². The van der Waals surface area contributed by atoms with E-state index in [1.807, 2.05) is 0 Å². The lowest BCUT2D eigenvalue weighted by Gasteiger charge is -2.26. The minimum atomic E-state index is -3.69. The van der Waals surface area contributed by atoms with Crippen LogP contribution >= 0.6 is 0 Å². The van der Waals surface area contributed by atoms with E-state index in [-0.39, 0.29) is 5.69 Å². The molecular weight excluding hydrogens is 258 g/mol. The van der Waals surface area contributed by atoms with Crippen LogP contribution in [-0.2, 0) is 14.8 Å². The Morgan fingerprint density at radius 1 is 1.44 bits per heavy atom. The molecule has 0 aliphatic heterocycles. The van der Waals surface area contributed by atoms with Gasteiger partial charge < -0.3 is 9.84 Å².